The molecule has 2 heterocycles. The molecule has 1 aliphatic rings. The molecule has 1 saturated heterocycles. The van der Waals surface area contributed by atoms with Crippen LogP contribution in [0, 0.1) is 6.92 Å². The number of benzene rings is 2. The molecule has 1 N–H and O–H groups in total. The molecule has 2 aromatic carbocycles. The number of carbonyl (C=O) groups excluding carboxylic acids is 1. The maximum Gasteiger partial charge on any atom is 0.237 e. The smallest absolute Gasteiger partial charge is 0.237 e. The van der Waals surface area contributed by atoms with E-state index in [0.717, 1.165) is 18.7 Å². The van der Waals surface area contributed by atoms with Crippen molar-refractivity contribution in [3.63, 3.8) is 0 Å². The molecule has 1 aromatic heterocycles. The minimum atomic E-state index is -0.218. The number of tetrazole rings is 1. The predicted molar refractivity (Wildman–Crippen MR) is 117 cm³/mol. The lowest BCUT2D eigenvalue weighted by atomic mass is 10.1. The first-order valence-corrected chi connectivity index (χ1v) is 11.3. The van der Waals surface area contributed by atoms with Crippen molar-refractivity contribution in [3.05, 3.63) is 71.5 Å². The SMILES string of the molecule is CSc1ccc(CN2C[C@@H](n3cnnn3)C[C@H]2C(=O)NCc2ccc(C)cc2)cc1. The minimum absolute atomic E-state index is 0.0480. The molecular formula is C22H26N6OS. The zero-order valence-corrected chi connectivity index (χ0v) is 18.0. The quantitative estimate of drug-likeness (QED) is 0.590. The second kappa shape index (κ2) is 9.40. The summed E-state index contributed by atoms with van der Waals surface area (Å²) in [4.78, 5) is 16.5. The Bertz CT molecular complexity index is 958. The normalized spacial score (nSPS) is 19.1. The fourth-order valence-electron chi connectivity index (χ4n) is 3.83. The van der Waals surface area contributed by atoms with E-state index in [9.17, 15) is 4.79 Å². The van der Waals surface area contributed by atoms with E-state index in [-0.39, 0.29) is 18.0 Å². The fraction of sp³-hybridized carbons (Fsp3) is 0.364. The Hall–Kier alpha value is -2.71. The van der Waals surface area contributed by atoms with Gasteiger partial charge in [-0.2, -0.15) is 0 Å². The van der Waals surface area contributed by atoms with Crippen molar-refractivity contribution in [2.24, 2.45) is 0 Å². The second-order valence-electron chi connectivity index (χ2n) is 7.68. The minimum Gasteiger partial charge on any atom is -0.351 e. The van der Waals surface area contributed by atoms with Crippen LogP contribution < -0.4 is 5.32 Å². The molecule has 3 aromatic rings. The lowest BCUT2D eigenvalue weighted by Crippen LogP contribution is -2.42. The average molecular weight is 423 g/mol. The molecule has 4 rings (SSSR count). The molecule has 0 spiro atoms. The van der Waals surface area contributed by atoms with Crippen molar-refractivity contribution in [3.8, 4) is 0 Å². The van der Waals surface area contributed by atoms with Gasteiger partial charge in [0, 0.05) is 24.5 Å². The Morgan fingerprint density at radius 3 is 2.53 bits per heavy atom. The standard InChI is InChI=1S/C22H26N6OS/c1-16-3-5-17(6-4-16)12-23-22(29)21-11-19(28-15-24-25-26-28)14-27(21)13-18-7-9-20(30-2)10-8-18/h3-10,15,19,21H,11-14H2,1-2H3,(H,23,29)/t19-,21-/m0/s1. The van der Waals surface area contributed by atoms with Crippen LogP contribution in [0.4, 0.5) is 0 Å². The van der Waals surface area contributed by atoms with Crippen molar-refractivity contribution in [2.45, 2.75) is 43.4 Å². The Kier molecular flexibility index (Phi) is 6.44. The Morgan fingerprint density at radius 2 is 1.87 bits per heavy atom. The second-order valence-corrected chi connectivity index (χ2v) is 8.56. The van der Waals surface area contributed by atoms with Gasteiger partial charge in [0.05, 0.1) is 12.1 Å². The van der Waals surface area contributed by atoms with Crippen molar-refractivity contribution in [1.29, 1.82) is 0 Å². The number of aromatic nitrogens is 4. The Balaban J connectivity index is 1.46. The van der Waals surface area contributed by atoms with E-state index in [1.807, 2.05) is 0 Å². The van der Waals surface area contributed by atoms with Gasteiger partial charge in [0.25, 0.3) is 0 Å². The predicted octanol–water partition coefficient (Wildman–Crippen LogP) is 2.84. The Morgan fingerprint density at radius 1 is 1.13 bits per heavy atom. The molecule has 1 amide bonds. The average Bonchev–Trinajstić information content (AvgIpc) is 3.44. The molecule has 156 valence electrons. The number of hydrogen-bond acceptors (Lipinski definition) is 6. The third kappa shape index (κ3) is 4.88. The van der Waals surface area contributed by atoms with Crippen LogP contribution in [0.2, 0.25) is 0 Å². The molecular weight excluding hydrogens is 396 g/mol. The van der Waals surface area contributed by atoms with Gasteiger partial charge >= 0.3 is 0 Å². The van der Waals surface area contributed by atoms with Gasteiger partial charge in [-0.15, -0.1) is 16.9 Å². The van der Waals surface area contributed by atoms with Crippen molar-refractivity contribution in [2.75, 3.05) is 12.8 Å². The van der Waals surface area contributed by atoms with E-state index >= 15 is 0 Å². The highest BCUT2D eigenvalue weighted by Gasteiger charge is 2.38. The highest BCUT2D eigenvalue weighted by atomic mass is 32.2. The highest BCUT2D eigenvalue weighted by molar-refractivity contribution is 7.98. The van der Waals surface area contributed by atoms with Gasteiger partial charge in [-0.25, -0.2) is 4.68 Å². The summed E-state index contributed by atoms with van der Waals surface area (Å²) in [7, 11) is 0. The summed E-state index contributed by atoms with van der Waals surface area (Å²) in [5.41, 5.74) is 3.51. The highest BCUT2D eigenvalue weighted by Crippen LogP contribution is 2.29. The lowest BCUT2D eigenvalue weighted by molar-refractivity contribution is -0.125. The number of hydrogen-bond donors (Lipinski definition) is 1. The number of rotatable bonds is 7. The first-order valence-electron chi connectivity index (χ1n) is 10.0. The number of nitrogens with zero attached hydrogens (tertiary/aromatic N) is 5. The third-order valence-corrected chi connectivity index (χ3v) is 6.30. The van der Waals surface area contributed by atoms with E-state index in [2.05, 4.69) is 87.5 Å². The first kappa shape index (κ1) is 20.6. The molecule has 1 aliphatic heterocycles. The molecule has 0 unspecified atom stereocenters. The van der Waals surface area contributed by atoms with Gasteiger partial charge < -0.3 is 5.32 Å². The molecule has 30 heavy (non-hydrogen) atoms. The van der Waals surface area contributed by atoms with Gasteiger partial charge in [0.2, 0.25) is 5.91 Å². The summed E-state index contributed by atoms with van der Waals surface area (Å²) in [6, 6.07) is 16.6. The molecule has 1 fully saturated rings. The van der Waals surface area contributed by atoms with Gasteiger partial charge in [0.15, 0.2) is 0 Å². The zero-order valence-electron chi connectivity index (χ0n) is 17.2. The van der Waals surface area contributed by atoms with Crippen LogP contribution in [-0.2, 0) is 17.9 Å². The van der Waals surface area contributed by atoms with Crippen LogP contribution in [0.5, 0.6) is 0 Å². The van der Waals surface area contributed by atoms with E-state index < -0.39 is 0 Å². The van der Waals surface area contributed by atoms with Gasteiger partial charge in [-0.05, 0) is 53.3 Å². The summed E-state index contributed by atoms with van der Waals surface area (Å²) in [6.45, 7) is 4.04. The fourth-order valence-corrected chi connectivity index (χ4v) is 4.24. The maximum absolute atomic E-state index is 13.1. The molecule has 2 atom stereocenters. The Labute approximate surface area is 180 Å². The zero-order chi connectivity index (χ0) is 20.9. The molecule has 0 aliphatic carbocycles. The van der Waals surface area contributed by atoms with Crippen LogP contribution in [0.15, 0.2) is 59.8 Å². The van der Waals surface area contributed by atoms with Crippen molar-refractivity contribution >= 4 is 17.7 Å². The topological polar surface area (TPSA) is 75.9 Å². The number of likely N-dealkylation sites (tertiary alicyclic amines) is 1. The summed E-state index contributed by atoms with van der Waals surface area (Å²) >= 11 is 1.73. The molecule has 0 radical (unpaired) electrons. The largest absolute Gasteiger partial charge is 0.351 e. The molecule has 8 heteroatoms. The molecule has 0 bridgehead atoms. The van der Waals surface area contributed by atoms with Crippen molar-refractivity contribution < 1.29 is 4.79 Å². The maximum atomic E-state index is 13.1. The molecule has 7 nitrogen and oxygen atoms in total. The molecule has 0 saturated carbocycles. The van der Waals surface area contributed by atoms with Gasteiger partial charge in [-0.3, -0.25) is 9.69 Å². The summed E-state index contributed by atoms with van der Waals surface area (Å²) in [5, 5.41) is 14.7. The number of carbonyl (C=O) groups is 1. The monoisotopic (exact) mass is 422 g/mol. The van der Waals surface area contributed by atoms with E-state index in [1.165, 1.54) is 16.0 Å². The first-order chi connectivity index (χ1) is 14.6. The lowest BCUT2D eigenvalue weighted by Gasteiger charge is -2.23. The van der Waals surface area contributed by atoms with Crippen molar-refractivity contribution in [1.82, 2.24) is 30.4 Å². The van der Waals surface area contributed by atoms with E-state index in [1.54, 1.807) is 22.8 Å². The van der Waals surface area contributed by atoms with Crippen LogP contribution in [-0.4, -0.2) is 49.9 Å². The van der Waals surface area contributed by atoms with Crippen LogP contribution >= 0.6 is 11.8 Å². The number of amides is 1. The van der Waals surface area contributed by atoms with Crippen LogP contribution in [0.25, 0.3) is 0 Å². The van der Waals surface area contributed by atoms with E-state index in [4.69, 9.17) is 0 Å². The summed E-state index contributed by atoms with van der Waals surface area (Å²) < 4.78 is 1.76. The van der Waals surface area contributed by atoms with Crippen LogP contribution in [0.1, 0.15) is 29.2 Å². The number of aryl methyl sites for hydroxylation is 1. The third-order valence-electron chi connectivity index (χ3n) is 5.56. The number of thioether (sulfide) groups is 1. The summed E-state index contributed by atoms with van der Waals surface area (Å²) in [5.74, 6) is 0.0480. The van der Waals surface area contributed by atoms with E-state index in [0.29, 0.717) is 13.0 Å². The summed E-state index contributed by atoms with van der Waals surface area (Å²) in [6.07, 6.45) is 4.39. The van der Waals surface area contributed by atoms with Gasteiger partial charge in [0.1, 0.15) is 6.33 Å². The van der Waals surface area contributed by atoms with Gasteiger partial charge in [-0.1, -0.05) is 42.0 Å². The van der Waals surface area contributed by atoms with Crippen LogP contribution in [0.3, 0.4) is 0 Å². The number of nitrogens with one attached hydrogen (secondary N) is 1.